The van der Waals surface area contributed by atoms with E-state index < -0.39 is 35.6 Å². The molecule has 2 aromatic rings. The van der Waals surface area contributed by atoms with Crippen molar-refractivity contribution in [2.75, 3.05) is 18.9 Å². The highest BCUT2D eigenvalue weighted by atomic mass is 16.5. The molecule has 158 valence electrons. The number of hydrogen-bond donors (Lipinski definition) is 1. The molecular formula is C21H18N4O6. The summed E-state index contributed by atoms with van der Waals surface area (Å²) in [6.45, 7) is -0.410. The lowest BCUT2D eigenvalue weighted by Gasteiger charge is -2.34. The summed E-state index contributed by atoms with van der Waals surface area (Å²) in [6.07, 6.45) is 2.85. The fraction of sp³-hybridized carbons (Fsp3) is 0.238. The molecule has 2 N–H and O–H groups in total. The lowest BCUT2D eigenvalue weighted by atomic mass is 10.0. The van der Waals surface area contributed by atoms with Crippen molar-refractivity contribution in [1.29, 1.82) is 0 Å². The largest absolute Gasteiger partial charge is 0.460 e. The first-order valence-electron chi connectivity index (χ1n) is 9.57. The molecule has 2 aliphatic rings. The van der Waals surface area contributed by atoms with Crippen molar-refractivity contribution in [3.05, 3.63) is 59.4 Å². The second kappa shape index (κ2) is 7.98. The van der Waals surface area contributed by atoms with Gasteiger partial charge in [0.1, 0.15) is 12.6 Å². The number of pyridine rings is 1. The molecule has 3 heterocycles. The SMILES string of the molecule is Nc1ccc2c(c1)C(=O)N(C1CCC(=O)N(CCOC(=O)c3cccnc3)C1=O)C2=O. The Morgan fingerprint density at radius 2 is 1.90 bits per heavy atom. The molecule has 0 saturated carbocycles. The molecule has 4 amide bonds. The van der Waals surface area contributed by atoms with E-state index in [0.717, 1.165) is 9.80 Å². The molecule has 1 aromatic heterocycles. The first-order chi connectivity index (χ1) is 14.9. The number of benzene rings is 1. The van der Waals surface area contributed by atoms with Crippen LogP contribution in [-0.4, -0.2) is 63.6 Å². The lowest BCUT2D eigenvalue weighted by molar-refractivity contribution is -0.152. The monoisotopic (exact) mass is 422 g/mol. The zero-order valence-electron chi connectivity index (χ0n) is 16.3. The smallest absolute Gasteiger partial charge is 0.339 e. The zero-order valence-corrected chi connectivity index (χ0v) is 16.3. The second-order valence-corrected chi connectivity index (χ2v) is 7.10. The van der Waals surface area contributed by atoms with Crippen LogP contribution in [0, 0.1) is 0 Å². The van der Waals surface area contributed by atoms with Gasteiger partial charge in [-0.25, -0.2) is 4.79 Å². The number of fused-ring (bicyclic) bond motifs is 1. The number of nitrogens with zero attached hydrogens (tertiary/aromatic N) is 3. The van der Waals surface area contributed by atoms with Gasteiger partial charge in [0.25, 0.3) is 17.7 Å². The van der Waals surface area contributed by atoms with E-state index in [1.165, 1.54) is 36.7 Å². The number of piperidine rings is 1. The maximum atomic E-state index is 13.0. The summed E-state index contributed by atoms with van der Waals surface area (Å²) in [7, 11) is 0. The van der Waals surface area contributed by atoms with Crippen molar-refractivity contribution < 1.29 is 28.7 Å². The van der Waals surface area contributed by atoms with Gasteiger partial charge >= 0.3 is 5.97 Å². The molecule has 31 heavy (non-hydrogen) atoms. The van der Waals surface area contributed by atoms with Gasteiger partial charge < -0.3 is 10.5 Å². The van der Waals surface area contributed by atoms with Crippen molar-refractivity contribution in [2.45, 2.75) is 18.9 Å². The summed E-state index contributed by atoms with van der Waals surface area (Å²) >= 11 is 0. The van der Waals surface area contributed by atoms with Crippen molar-refractivity contribution in [1.82, 2.24) is 14.8 Å². The molecule has 0 spiro atoms. The number of imide groups is 2. The van der Waals surface area contributed by atoms with Crippen LogP contribution in [-0.2, 0) is 14.3 Å². The number of ether oxygens (including phenoxy) is 1. The number of carbonyl (C=O) groups is 5. The Morgan fingerprint density at radius 1 is 1.13 bits per heavy atom. The standard InChI is InChI=1S/C21H18N4O6/c22-13-3-4-14-15(10-13)19(28)25(18(14)27)16-5-6-17(26)24(20(16)29)8-9-31-21(30)12-2-1-7-23-11-12/h1-4,7,10-11,16H,5-6,8-9,22H2. The van der Waals surface area contributed by atoms with E-state index in [2.05, 4.69) is 4.98 Å². The number of nitrogens with two attached hydrogens (primary N) is 1. The van der Waals surface area contributed by atoms with Crippen LogP contribution in [0.15, 0.2) is 42.7 Å². The second-order valence-electron chi connectivity index (χ2n) is 7.10. The van der Waals surface area contributed by atoms with Gasteiger partial charge in [-0.15, -0.1) is 0 Å². The number of esters is 1. The van der Waals surface area contributed by atoms with Gasteiger partial charge in [-0.05, 0) is 36.8 Å². The Balaban J connectivity index is 1.45. The molecule has 0 aliphatic carbocycles. The van der Waals surface area contributed by atoms with Crippen LogP contribution in [0.1, 0.15) is 43.9 Å². The predicted molar refractivity (Wildman–Crippen MR) is 106 cm³/mol. The number of anilines is 1. The first-order valence-corrected chi connectivity index (χ1v) is 9.57. The molecule has 0 radical (unpaired) electrons. The topological polar surface area (TPSA) is 140 Å². The van der Waals surface area contributed by atoms with E-state index >= 15 is 0 Å². The Morgan fingerprint density at radius 3 is 2.65 bits per heavy atom. The normalized spacial score (nSPS) is 18.4. The van der Waals surface area contributed by atoms with Gasteiger partial charge in [0, 0.05) is 24.5 Å². The van der Waals surface area contributed by atoms with Crippen molar-refractivity contribution in [3.8, 4) is 0 Å². The van der Waals surface area contributed by atoms with E-state index in [-0.39, 0.29) is 42.7 Å². The molecule has 1 unspecified atom stereocenters. The third-order valence-electron chi connectivity index (χ3n) is 5.18. The summed E-state index contributed by atoms with van der Waals surface area (Å²) in [4.78, 5) is 68.4. The van der Waals surface area contributed by atoms with Gasteiger partial charge in [0.15, 0.2) is 0 Å². The summed E-state index contributed by atoms with van der Waals surface area (Å²) < 4.78 is 5.11. The average molecular weight is 422 g/mol. The number of rotatable bonds is 5. The molecule has 2 aliphatic heterocycles. The van der Waals surface area contributed by atoms with Crippen molar-refractivity contribution in [2.24, 2.45) is 0 Å². The average Bonchev–Trinajstić information content (AvgIpc) is 3.01. The Hall–Kier alpha value is -4.08. The maximum absolute atomic E-state index is 13.0. The number of hydrogen-bond acceptors (Lipinski definition) is 8. The van der Waals surface area contributed by atoms with Gasteiger partial charge in [-0.3, -0.25) is 34.0 Å². The Kier molecular flexibility index (Phi) is 5.20. The highest BCUT2D eigenvalue weighted by Gasteiger charge is 2.46. The van der Waals surface area contributed by atoms with Gasteiger partial charge in [-0.2, -0.15) is 0 Å². The number of likely N-dealkylation sites (tertiary alicyclic amines) is 1. The van der Waals surface area contributed by atoms with Crippen LogP contribution in [0.4, 0.5) is 5.69 Å². The summed E-state index contributed by atoms with van der Waals surface area (Å²) in [5, 5.41) is 0. The van der Waals surface area contributed by atoms with Crippen LogP contribution in [0.5, 0.6) is 0 Å². The Bertz CT molecular complexity index is 1100. The molecule has 0 bridgehead atoms. The molecular weight excluding hydrogens is 404 g/mol. The zero-order chi connectivity index (χ0) is 22.1. The van der Waals surface area contributed by atoms with Gasteiger partial charge in [0.05, 0.1) is 23.2 Å². The maximum Gasteiger partial charge on any atom is 0.339 e. The summed E-state index contributed by atoms with van der Waals surface area (Å²) in [6, 6.07) is 6.33. The van der Waals surface area contributed by atoms with E-state index in [0.29, 0.717) is 5.69 Å². The van der Waals surface area contributed by atoms with E-state index in [9.17, 15) is 24.0 Å². The molecule has 1 aromatic carbocycles. The third kappa shape index (κ3) is 3.63. The third-order valence-corrected chi connectivity index (χ3v) is 5.18. The highest BCUT2D eigenvalue weighted by Crippen LogP contribution is 2.30. The van der Waals surface area contributed by atoms with Crippen LogP contribution in [0.3, 0.4) is 0 Å². The number of carbonyl (C=O) groups excluding carboxylic acids is 5. The van der Waals surface area contributed by atoms with Gasteiger partial charge in [-0.1, -0.05) is 0 Å². The van der Waals surface area contributed by atoms with E-state index in [4.69, 9.17) is 10.5 Å². The minimum absolute atomic E-state index is 0.0253. The quantitative estimate of drug-likeness (QED) is 0.420. The highest BCUT2D eigenvalue weighted by molar-refractivity contribution is 6.23. The van der Waals surface area contributed by atoms with Gasteiger partial charge in [0.2, 0.25) is 5.91 Å². The fourth-order valence-corrected chi connectivity index (χ4v) is 3.65. The molecule has 10 heteroatoms. The first kappa shape index (κ1) is 20.2. The van der Waals surface area contributed by atoms with Crippen molar-refractivity contribution >= 4 is 35.3 Å². The summed E-state index contributed by atoms with van der Waals surface area (Å²) in [5.41, 5.74) is 6.56. The molecule has 1 fully saturated rings. The van der Waals surface area contributed by atoms with E-state index in [1.54, 1.807) is 6.07 Å². The van der Waals surface area contributed by atoms with Crippen molar-refractivity contribution in [3.63, 3.8) is 0 Å². The van der Waals surface area contributed by atoms with E-state index in [1.807, 2.05) is 0 Å². The minimum Gasteiger partial charge on any atom is -0.460 e. The molecule has 1 atom stereocenters. The number of amides is 4. The Labute approximate surface area is 176 Å². The minimum atomic E-state index is -1.11. The molecule has 10 nitrogen and oxygen atoms in total. The number of nitrogen functional groups attached to an aromatic ring is 1. The van der Waals surface area contributed by atoms with Crippen LogP contribution < -0.4 is 5.73 Å². The lowest BCUT2D eigenvalue weighted by Crippen LogP contribution is -2.56. The fourth-order valence-electron chi connectivity index (χ4n) is 3.65. The number of aromatic nitrogens is 1. The van der Waals surface area contributed by atoms with Crippen LogP contribution >= 0.6 is 0 Å². The molecule has 1 saturated heterocycles. The summed E-state index contributed by atoms with van der Waals surface area (Å²) in [5.74, 6) is -3.01. The van der Waals surface area contributed by atoms with Crippen LogP contribution in [0.2, 0.25) is 0 Å². The predicted octanol–water partition coefficient (Wildman–Crippen LogP) is 0.634. The molecule has 4 rings (SSSR count). The van der Waals surface area contributed by atoms with Crippen LogP contribution in [0.25, 0.3) is 0 Å².